The second kappa shape index (κ2) is 2.95. The minimum atomic E-state index is -0.664. The molecule has 1 fully saturated rings. The van der Waals surface area contributed by atoms with Crippen molar-refractivity contribution < 1.29 is 9.18 Å². The Hall–Kier alpha value is -0.630. The number of carbonyl (C=O) groups excluding carboxylic acids is 1. The fourth-order valence-electron chi connectivity index (χ4n) is 1.75. The van der Waals surface area contributed by atoms with E-state index in [0.717, 1.165) is 6.42 Å². The molecule has 0 aliphatic heterocycles. The van der Waals surface area contributed by atoms with E-state index in [1.54, 1.807) is 6.08 Å². The van der Waals surface area contributed by atoms with Gasteiger partial charge in [0.05, 0.1) is 5.41 Å². The van der Waals surface area contributed by atoms with Gasteiger partial charge in [-0.2, -0.15) is 0 Å². The molecule has 0 bridgehead atoms. The first kappa shape index (κ1) is 8.95. The van der Waals surface area contributed by atoms with Crippen molar-refractivity contribution in [3.63, 3.8) is 0 Å². The molecular weight excluding hydrogens is 191 g/mol. The number of rotatable bonds is 2. The molecule has 70 valence electrons. The highest BCUT2D eigenvalue weighted by Crippen LogP contribution is 2.56. The van der Waals surface area contributed by atoms with Gasteiger partial charge in [-0.1, -0.05) is 12.2 Å². The summed E-state index contributed by atoms with van der Waals surface area (Å²) in [4.78, 5) is 11.1. The minimum absolute atomic E-state index is 0.158. The summed E-state index contributed by atoms with van der Waals surface area (Å²) >= 11 is 5.46. The molecule has 0 aromatic rings. The lowest BCUT2D eigenvalue weighted by molar-refractivity contribution is -0.115. The van der Waals surface area contributed by atoms with Crippen LogP contribution >= 0.6 is 11.6 Å². The Bertz CT molecular complexity index is 313. The van der Waals surface area contributed by atoms with Crippen LogP contribution < -0.4 is 0 Å². The molecule has 0 N–H and O–H groups in total. The maximum Gasteiger partial charge on any atom is 0.232 e. The van der Waals surface area contributed by atoms with E-state index in [2.05, 4.69) is 0 Å². The van der Waals surface area contributed by atoms with Gasteiger partial charge in [-0.05, 0) is 36.4 Å². The van der Waals surface area contributed by atoms with Crippen LogP contribution in [0.2, 0.25) is 0 Å². The molecule has 1 nitrogen and oxygen atoms in total. The van der Waals surface area contributed by atoms with Gasteiger partial charge in [-0.15, -0.1) is 0 Å². The predicted octanol–water partition coefficient (Wildman–Crippen LogP) is 3.11. The molecule has 13 heavy (non-hydrogen) atoms. The zero-order chi connectivity index (χ0) is 9.47. The molecule has 0 spiro atoms. The van der Waals surface area contributed by atoms with Crippen molar-refractivity contribution in [1.29, 1.82) is 0 Å². The summed E-state index contributed by atoms with van der Waals surface area (Å²) in [6.07, 6.45) is 6.15. The number of hydrogen-bond acceptors (Lipinski definition) is 1. The van der Waals surface area contributed by atoms with Crippen LogP contribution in [0.5, 0.6) is 0 Å². The van der Waals surface area contributed by atoms with Crippen molar-refractivity contribution in [3.8, 4) is 0 Å². The van der Waals surface area contributed by atoms with Gasteiger partial charge in [0.25, 0.3) is 0 Å². The zero-order valence-corrected chi connectivity index (χ0v) is 7.90. The van der Waals surface area contributed by atoms with Crippen LogP contribution in [0.3, 0.4) is 0 Å². The second-order valence-corrected chi connectivity index (χ2v) is 3.96. The van der Waals surface area contributed by atoms with Crippen LogP contribution in [0.1, 0.15) is 25.7 Å². The van der Waals surface area contributed by atoms with E-state index in [1.165, 1.54) is 0 Å². The highest BCUT2D eigenvalue weighted by Gasteiger charge is 2.52. The fourth-order valence-corrected chi connectivity index (χ4v) is 2.04. The molecule has 0 aromatic heterocycles. The highest BCUT2D eigenvalue weighted by atomic mass is 35.5. The van der Waals surface area contributed by atoms with Gasteiger partial charge in [0.15, 0.2) is 0 Å². The van der Waals surface area contributed by atoms with Crippen molar-refractivity contribution >= 4 is 16.8 Å². The topological polar surface area (TPSA) is 17.1 Å². The minimum Gasteiger partial charge on any atom is -0.280 e. The molecule has 0 unspecified atom stereocenters. The van der Waals surface area contributed by atoms with Crippen LogP contribution in [-0.4, -0.2) is 5.24 Å². The van der Waals surface area contributed by atoms with Crippen LogP contribution in [0.25, 0.3) is 0 Å². The smallest absolute Gasteiger partial charge is 0.232 e. The van der Waals surface area contributed by atoms with Crippen molar-refractivity contribution in [3.05, 3.63) is 23.6 Å². The molecule has 2 aliphatic carbocycles. The lowest BCUT2D eigenvalue weighted by Gasteiger charge is -2.15. The van der Waals surface area contributed by atoms with Gasteiger partial charge in [0, 0.05) is 6.42 Å². The Morgan fingerprint density at radius 2 is 2.23 bits per heavy atom. The van der Waals surface area contributed by atoms with Crippen LogP contribution in [0.4, 0.5) is 4.39 Å². The summed E-state index contributed by atoms with van der Waals surface area (Å²) in [5.41, 5.74) is -0.138. The zero-order valence-electron chi connectivity index (χ0n) is 7.15. The Morgan fingerprint density at radius 1 is 1.54 bits per heavy atom. The first-order valence-corrected chi connectivity index (χ1v) is 4.80. The average molecular weight is 201 g/mol. The summed E-state index contributed by atoms with van der Waals surface area (Å²) < 4.78 is 13.4. The van der Waals surface area contributed by atoms with Crippen LogP contribution in [0.15, 0.2) is 23.6 Å². The van der Waals surface area contributed by atoms with Crippen molar-refractivity contribution in [2.24, 2.45) is 5.41 Å². The largest absolute Gasteiger partial charge is 0.280 e. The lowest BCUT2D eigenvalue weighted by atomic mass is 9.91. The molecule has 0 radical (unpaired) electrons. The maximum atomic E-state index is 13.4. The predicted molar refractivity (Wildman–Crippen MR) is 49.0 cm³/mol. The molecule has 0 saturated heterocycles. The van der Waals surface area contributed by atoms with E-state index in [0.29, 0.717) is 24.8 Å². The normalized spacial score (nSPS) is 24.8. The molecule has 0 amide bonds. The molecule has 0 atom stereocenters. The van der Waals surface area contributed by atoms with Crippen molar-refractivity contribution in [1.82, 2.24) is 0 Å². The third-order valence-electron chi connectivity index (χ3n) is 2.75. The van der Waals surface area contributed by atoms with Gasteiger partial charge < -0.3 is 0 Å². The average Bonchev–Trinajstić information content (AvgIpc) is 2.85. The van der Waals surface area contributed by atoms with Crippen LogP contribution in [0, 0.1) is 5.41 Å². The van der Waals surface area contributed by atoms with E-state index in [9.17, 15) is 9.18 Å². The Kier molecular flexibility index (Phi) is 2.03. The quantitative estimate of drug-likeness (QED) is 0.626. The summed E-state index contributed by atoms with van der Waals surface area (Å²) in [6, 6.07) is 0. The van der Waals surface area contributed by atoms with Gasteiger partial charge in [-0.25, -0.2) is 4.39 Å². The van der Waals surface area contributed by atoms with E-state index in [1.807, 2.05) is 6.08 Å². The standard InChI is InChI=1S/C10H10ClFO/c11-9(13)10(5-6-10)7-3-1-2-4-8(7)12/h1,3H,2,4-6H2. The van der Waals surface area contributed by atoms with Gasteiger partial charge in [-0.3, -0.25) is 4.79 Å². The molecule has 0 heterocycles. The van der Waals surface area contributed by atoms with Gasteiger partial charge in [0.1, 0.15) is 5.83 Å². The monoisotopic (exact) mass is 200 g/mol. The molecule has 2 aliphatic rings. The molecule has 2 rings (SSSR count). The number of halogens is 2. The lowest BCUT2D eigenvalue weighted by Crippen LogP contribution is -2.14. The SMILES string of the molecule is O=C(Cl)C1(C2=C(F)CCC=C2)CC1. The van der Waals surface area contributed by atoms with E-state index >= 15 is 0 Å². The van der Waals surface area contributed by atoms with Gasteiger partial charge >= 0.3 is 0 Å². The Labute approximate surface area is 81.3 Å². The summed E-state index contributed by atoms with van der Waals surface area (Å²) in [5.74, 6) is -0.158. The fraction of sp³-hybridized carbons (Fsp3) is 0.500. The first-order chi connectivity index (χ1) is 6.17. The summed E-state index contributed by atoms with van der Waals surface area (Å²) in [5, 5.41) is -0.413. The number of hydrogen-bond donors (Lipinski definition) is 0. The molecule has 3 heteroatoms. The first-order valence-electron chi connectivity index (χ1n) is 4.42. The van der Waals surface area contributed by atoms with E-state index in [-0.39, 0.29) is 5.83 Å². The Balaban J connectivity index is 2.35. The second-order valence-electron chi connectivity index (χ2n) is 3.62. The molecule has 0 aromatic carbocycles. The van der Waals surface area contributed by atoms with Crippen LogP contribution in [-0.2, 0) is 4.79 Å². The molecule has 1 saturated carbocycles. The maximum absolute atomic E-state index is 13.4. The third-order valence-corrected chi connectivity index (χ3v) is 3.11. The number of carbonyl (C=O) groups is 1. The van der Waals surface area contributed by atoms with Crippen molar-refractivity contribution in [2.45, 2.75) is 25.7 Å². The van der Waals surface area contributed by atoms with E-state index in [4.69, 9.17) is 11.6 Å². The van der Waals surface area contributed by atoms with Crippen molar-refractivity contribution in [2.75, 3.05) is 0 Å². The number of allylic oxidation sites excluding steroid dienone is 4. The van der Waals surface area contributed by atoms with Gasteiger partial charge in [0.2, 0.25) is 5.24 Å². The summed E-state index contributed by atoms with van der Waals surface area (Å²) in [7, 11) is 0. The third kappa shape index (κ3) is 1.33. The highest BCUT2D eigenvalue weighted by molar-refractivity contribution is 6.65. The molecular formula is C10H10ClFO. The van der Waals surface area contributed by atoms with E-state index < -0.39 is 10.7 Å². The Morgan fingerprint density at radius 3 is 2.69 bits per heavy atom. The summed E-state index contributed by atoms with van der Waals surface area (Å²) in [6.45, 7) is 0.